The zero-order chi connectivity index (χ0) is 23.5. The van der Waals surface area contributed by atoms with E-state index < -0.39 is 23.4 Å². The Morgan fingerprint density at radius 1 is 1.28 bits per heavy atom. The highest BCUT2D eigenvalue weighted by atomic mass is 32.2. The quantitative estimate of drug-likeness (QED) is 0.290. The fourth-order valence-electron chi connectivity index (χ4n) is 2.91. The van der Waals surface area contributed by atoms with Crippen LogP contribution in [0, 0.1) is 0 Å². The van der Waals surface area contributed by atoms with Crippen LogP contribution < -0.4 is 21.3 Å². The van der Waals surface area contributed by atoms with Crippen LogP contribution in [-0.2, 0) is 16.2 Å². The molecule has 1 saturated heterocycles. The molecule has 2 heterocycles. The van der Waals surface area contributed by atoms with Crippen LogP contribution in [0.15, 0.2) is 29.4 Å². The molecule has 3 rings (SSSR count). The van der Waals surface area contributed by atoms with Gasteiger partial charge in [-0.05, 0) is 37.0 Å². The summed E-state index contributed by atoms with van der Waals surface area (Å²) in [5, 5.41) is 11.5. The molecule has 1 aromatic carbocycles. The molecule has 2 aromatic rings. The van der Waals surface area contributed by atoms with Gasteiger partial charge in [-0.15, -0.1) is 10.2 Å². The molecule has 0 radical (unpaired) electrons. The second kappa shape index (κ2) is 9.47. The van der Waals surface area contributed by atoms with Crippen LogP contribution in [0.1, 0.15) is 51.4 Å². The summed E-state index contributed by atoms with van der Waals surface area (Å²) in [5.41, 5.74) is 2.50. The molecule has 1 fully saturated rings. The second-order valence-corrected chi connectivity index (χ2v) is 8.80. The van der Waals surface area contributed by atoms with Gasteiger partial charge in [0, 0.05) is 0 Å². The van der Waals surface area contributed by atoms with E-state index in [-0.39, 0.29) is 12.4 Å². The summed E-state index contributed by atoms with van der Waals surface area (Å²) >= 11 is 1.02. The summed E-state index contributed by atoms with van der Waals surface area (Å²) in [5.74, 6) is 6.33. The third-order valence-electron chi connectivity index (χ3n) is 5.19. The number of amides is 4. The third-order valence-corrected chi connectivity index (χ3v) is 6.13. The average Bonchev–Trinajstić information content (AvgIpc) is 3.22. The minimum atomic E-state index is -1.03. The topological polar surface area (TPSA) is 144 Å². The van der Waals surface area contributed by atoms with Crippen LogP contribution in [0.25, 0.3) is 0 Å². The Hall–Kier alpha value is -3.28. The van der Waals surface area contributed by atoms with Crippen molar-refractivity contribution >= 4 is 29.6 Å². The summed E-state index contributed by atoms with van der Waals surface area (Å²) in [4.78, 5) is 36.6. The highest BCUT2D eigenvalue weighted by Crippen LogP contribution is 2.21. The lowest BCUT2D eigenvalue weighted by atomic mass is 10.00. The molecule has 0 aliphatic carbocycles. The molecule has 11 nitrogen and oxygen atoms in total. The summed E-state index contributed by atoms with van der Waals surface area (Å²) in [6.45, 7) is 7.72. The van der Waals surface area contributed by atoms with Gasteiger partial charge in [0.2, 0.25) is 11.1 Å². The molecular weight excluding hydrogens is 434 g/mol. The first-order valence-electron chi connectivity index (χ1n) is 10.2. The van der Waals surface area contributed by atoms with Crippen molar-refractivity contribution in [1.82, 2.24) is 30.6 Å². The Bertz CT molecular complexity index is 1010. The monoisotopic (exact) mass is 461 g/mol. The Kier molecular flexibility index (Phi) is 6.92. The van der Waals surface area contributed by atoms with Gasteiger partial charge in [0.15, 0.2) is 5.82 Å². The number of hydrazine groups is 1. The van der Waals surface area contributed by atoms with Gasteiger partial charge in [-0.25, -0.2) is 9.47 Å². The van der Waals surface area contributed by atoms with Crippen molar-refractivity contribution in [2.24, 2.45) is 0 Å². The van der Waals surface area contributed by atoms with Gasteiger partial charge in [0.1, 0.15) is 17.9 Å². The van der Waals surface area contributed by atoms with Gasteiger partial charge in [-0.2, -0.15) is 5.01 Å². The maximum absolute atomic E-state index is 12.3. The minimum Gasteiger partial charge on any atom is -0.486 e. The van der Waals surface area contributed by atoms with Crippen LogP contribution >= 0.6 is 11.8 Å². The molecule has 1 atom stereocenters. The van der Waals surface area contributed by atoms with E-state index in [2.05, 4.69) is 34.8 Å². The highest BCUT2D eigenvalue weighted by Gasteiger charge is 2.47. The molecule has 0 spiro atoms. The Balaban J connectivity index is 1.52. The van der Waals surface area contributed by atoms with Gasteiger partial charge >= 0.3 is 6.03 Å². The number of nitrogens with two attached hydrogens (primary N) is 1. The van der Waals surface area contributed by atoms with Crippen LogP contribution in [0.3, 0.4) is 0 Å². The number of aromatic nitrogens is 3. The first-order valence-corrected chi connectivity index (χ1v) is 11.1. The molecular formula is C20H27N7O4S. The first-order chi connectivity index (χ1) is 15.1. The molecule has 12 heteroatoms. The van der Waals surface area contributed by atoms with Gasteiger partial charge < -0.3 is 15.9 Å². The van der Waals surface area contributed by atoms with Crippen molar-refractivity contribution in [2.75, 3.05) is 11.6 Å². The number of carbonyl (C=O) groups excluding carboxylic acids is 3. The van der Waals surface area contributed by atoms with E-state index in [1.807, 2.05) is 24.3 Å². The van der Waals surface area contributed by atoms with Crippen LogP contribution in [-0.4, -0.2) is 49.0 Å². The second-order valence-electron chi connectivity index (χ2n) is 7.86. The fourth-order valence-corrected chi connectivity index (χ4v) is 3.58. The number of thioether (sulfide) groups is 1. The van der Waals surface area contributed by atoms with Crippen molar-refractivity contribution in [3.05, 3.63) is 35.7 Å². The van der Waals surface area contributed by atoms with Crippen LogP contribution in [0.2, 0.25) is 0 Å². The molecule has 4 N–H and O–H groups in total. The predicted octanol–water partition coefficient (Wildman–Crippen LogP) is 1.54. The lowest BCUT2D eigenvalue weighted by Crippen LogP contribution is -2.49. The fraction of sp³-hybridized carbons (Fsp3) is 0.450. The number of nitrogen functional groups attached to an aromatic ring is 1. The van der Waals surface area contributed by atoms with E-state index in [4.69, 9.17) is 10.6 Å². The van der Waals surface area contributed by atoms with Gasteiger partial charge in [0.05, 0.1) is 5.75 Å². The van der Waals surface area contributed by atoms with E-state index in [1.54, 1.807) is 13.8 Å². The number of carbonyl (C=O) groups is 3. The molecule has 4 amide bonds. The summed E-state index contributed by atoms with van der Waals surface area (Å²) in [6, 6.07) is 7.10. The summed E-state index contributed by atoms with van der Waals surface area (Å²) in [7, 11) is 0. The first kappa shape index (κ1) is 23.4. The molecule has 0 bridgehead atoms. The number of hydrogen-bond donors (Lipinski definition) is 3. The smallest absolute Gasteiger partial charge is 0.344 e. The standard InChI is InChI=1S/C20H27N7O4S/c1-5-20(4)17(29)27(18(30)22-20)25-16(28)11-32-19-24-23-15(26(19)21)10-31-14-8-6-13(7-9-14)12(2)3/h6-9,12H,5,10-11,21H2,1-4H3,(H,22,30)(H,25,28). The molecule has 32 heavy (non-hydrogen) atoms. The Labute approximate surface area is 190 Å². The average molecular weight is 462 g/mol. The lowest BCUT2D eigenvalue weighted by molar-refractivity contribution is -0.137. The van der Waals surface area contributed by atoms with Gasteiger partial charge in [-0.1, -0.05) is 44.7 Å². The zero-order valence-corrected chi connectivity index (χ0v) is 19.2. The summed E-state index contributed by atoms with van der Waals surface area (Å²) < 4.78 is 6.95. The maximum Gasteiger partial charge on any atom is 0.344 e. The van der Waals surface area contributed by atoms with E-state index in [9.17, 15) is 14.4 Å². The summed E-state index contributed by atoms with van der Waals surface area (Å²) in [6.07, 6.45) is 0.404. The number of ether oxygens (including phenoxy) is 1. The predicted molar refractivity (Wildman–Crippen MR) is 118 cm³/mol. The van der Waals surface area contributed by atoms with Crippen LogP contribution in [0.5, 0.6) is 5.75 Å². The Morgan fingerprint density at radius 2 is 1.97 bits per heavy atom. The third kappa shape index (κ3) is 4.96. The molecule has 0 saturated carbocycles. The molecule has 1 aliphatic rings. The van der Waals surface area contributed by atoms with Gasteiger partial charge in [-0.3, -0.25) is 15.0 Å². The Morgan fingerprint density at radius 3 is 2.56 bits per heavy atom. The normalized spacial score (nSPS) is 18.2. The van der Waals surface area contributed by atoms with Gasteiger partial charge in [0.25, 0.3) is 5.91 Å². The number of imide groups is 1. The molecule has 1 aliphatic heterocycles. The van der Waals surface area contributed by atoms with E-state index >= 15 is 0 Å². The SMILES string of the molecule is CCC1(C)NC(=O)N(NC(=O)CSc2nnc(COc3ccc(C(C)C)cc3)n2N)C1=O. The minimum absolute atomic E-state index is 0.106. The van der Waals surface area contributed by atoms with Crippen molar-refractivity contribution in [3.63, 3.8) is 0 Å². The highest BCUT2D eigenvalue weighted by molar-refractivity contribution is 7.99. The number of nitrogens with one attached hydrogen (secondary N) is 2. The molecule has 1 aromatic heterocycles. The van der Waals surface area contributed by atoms with Crippen molar-refractivity contribution < 1.29 is 19.1 Å². The van der Waals surface area contributed by atoms with E-state index in [1.165, 1.54) is 10.2 Å². The maximum atomic E-state index is 12.3. The molecule has 172 valence electrons. The van der Waals surface area contributed by atoms with Crippen molar-refractivity contribution in [2.45, 2.75) is 57.3 Å². The van der Waals surface area contributed by atoms with Crippen molar-refractivity contribution in [1.29, 1.82) is 0 Å². The largest absolute Gasteiger partial charge is 0.486 e. The zero-order valence-electron chi connectivity index (χ0n) is 18.4. The number of benzene rings is 1. The molecule has 1 unspecified atom stereocenters. The van der Waals surface area contributed by atoms with E-state index in [0.29, 0.717) is 34.1 Å². The lowest BCUT2D eigenvalue weighted by Gasteiger charge is -2.19. The number of hydrogen-bond acceptors (Lipinski definition) is 8. The number of urea groups is 1. The number of rotatable bonds is 9. The number of nitrogens with zero attached hydrogens (tertiary/aromatic N) is 4. The van der Waals surface area contributed by atoms with Crippen molar-refractivity contribution in [3.8, 4) is 5.75 Å². The van der Waals surface area contributed by atoms with E-state index in [0.717, 1.165) is 11.8 Å². The van der Waals surface area contributed by atoms with Crippen LogP contribution in [0.4, 0.5) is 4.79 Å².